The molecule has 0 atom stereocenters. The van der Waals surface area contributed by atoms with Gasteiger partial charge in [-0.05, 0) is 67.8 Å². The first-order chi connectivity index (χ1) is 14.9. The van der Waals surface area contributed by atoms with Crippen LogP contribution in [-0.2, 0) is 9.59 Å². The molecule has 31 heavy (non-hydrogen) atoms. The first-order valence-corrected chi connectivity index (χ1v) is 10.1. The average molecular weight is 412 g/mol. The van der Waals surface area contributed by atoms with Crippen molar-refractivity contribution in [3.63, 3.8) is 0 Å². The normalized spacial score (nSPS) is 13.7. The maximum atomic E-state index is 13.6. The van der Waals surface area contributed by atoms with Crippen molar-refractivity contribution < 1.29 is 14.3 Å². The van der Waals surface area contributed by atoms with Gasteiger partial charge in [-0.3, -0.25) is 9.59 Å². The van der Waals surface area contributed by atoms with Crippen LogP contribution in [0.25, 0.3) is 5.57 Å². The van der Waals surface area contributed by atoms with E-state index < -0.39 is 5.91 Å². The third kappa shape index (κ3) is 3.70. The molecule has 4 rings (SSSR count). The predicted octanol–water partition coefficient (Wildman–Crippen LogP) is 5.02. The second-order valence-corrected chi connectivity index (χ2v) is 7.66. The van der Waals surface area contributed by atoms with E-state index in [0.717, 1.165) is 22.4 Å². The zero-order chi connectivity index (χ0) is 22.1. The molecule has 3 aromatic rings. The highest BCUT2D eigenvalue weighted by Gasteiger charge is 2.41. The minimum Gasteiger partial charge on any atom is -0.496 e. The van der Waals surface area contributed by atoms with Crippen molar-refractivity contribution in [3.05, 3.63) is 94.7 Å². The summed E-state index contributed by atoms with van der Waals surface area (Å²) in [5.74, 6) is -0.243. The number of amides is 2. The van der Waals surface area contributed by atoms with E-state index in [-0.39, 0.29) is 11.6 Å². The number of nitrogens with zero attached hydrogens (tertiary/aromatic N) is 1. The SMILES string of the molecule is COc1ccccc1C1=C(Nc2cccc(C)c2)C(=O)N(c2ccc(C)c(C)c2)C1=O. The Morgan fingerprint density at radius 3 is 2.29 bits per heavy atom. The highest BCUT2D eigenvalue weighted by molar-refractivity contribution is 6.46. The Balaban J connectivity index is 1.87. The summed E-state index contributed by atoms with van der Waals surface area (Å²) in [4.78, 5) is 28.4. The van der Waals surface area contributed by atoms with Gasteiger partial charge in [-0.15, -0.1) is 0 Å². The molecule has 5 nitrogen and oxygen atoms in total. The highest BCUT2D eigenvalue weighted by atomic mass is 16.5. The van der Waals surface area contributed by atoms with Gasteiger partial charge in [0.1, 0.15) is 11.4 Å². The molecule has 1 aliphatic heterocycles. The molecule has 0 radical (unpaired) electrons. The first-order valence-electron chi connectivity index (χ1n) is 10.1. The van der Waals surface area contributed by atoms with E-state index >= 15 is 0 Å². The Kier molecular flexibility index (Phi) is 5.34. The fraction of sp³-hybridized carbons (Fsp3) is 0.154. The number of hydrogen-bond acceptors (Lipinski definition) is 4. The smallest absolute Gasteiger partial charge is 0.282 e. The molecule has 0 spiro atoms. The number of anilines is 2. The molecule has 0 saturated carbocycles. The third-order valence-electron chi connectivity index (χ3n) is 5.50. The summed E-state index contributed by atoms with van der Waals surface area (Å²) in [5, 5.41) is 3.20. The summed E-state index contributed by atoms with van der Waals surface area (Å²) >= 11 is 0. The molecule has 0 bridgehead atoms. The number of nitrogens with one attached hydrogen (secondary N) is 1. The number of carbonyl (C=O) groups is 2. The van der Waals surface area contributed by atoms with Gasteiger partial charge in [0.15, 0.2) is 0 Å². The Hall–Kier alpha value is -3.86. The molecule has 3 aromatic carbocycles. The first kappa shape index (κ1) is 20.4. The van der Waals surface area contributed by atoms with Crippen molar-refractivity contribution in [3.8, 4) is 5.75 Å². The van der Waals surface area contributed by atoms with E-state index in [1.807, 2.05) is 69.3 Å². The molecular formula is C26H24N2O3. The summed E-state index contributed by atoms with van der Waals surface area (Å²) in [6, 6.07) is 20.5. The van der Waals surface area contributed by atoms with Crippen LogP contribution >= 0.6 is 0 Å². The Bertz CT molecular complexity index is 1230. The van der Waals surface area contributed by atoms with E-state index in [4.69, 9.17) is 4.74 Å². The fourth-order valence-corrected chi connectivity index (χ4v) is 3.71. The van der Waals surface area contributed by atoms with Gasteiger partial charge in [0, 0.05) is 11.3 Å². The van der Waals surface area contributed by atoms with E-state index in [2.05, 4.69) is 5.32 Å². The molecule has 1 N–H and O–H groups in total. The monoisotopic (exact) mass is 412 g/mol. The van der Waals surface area contributed by atoms with Gasteiger partial charge in [0.2, 0.25) is 0 Å². The topological polar surface area (TPSA) is 58.6 Å². The molecule has 0 fully saturated rings. The molecule has 0 saturated heterocycles. The molecule has 1 aliphatic rings. The van der Waals surface area contributed by atoms with Gasteiger partial charge in [-0.25, -0.2) is 4.90 Å². The van der Waals surface area contributed by atoms with Gasteiger partial charge in [-0.1, -0.05) is 36.4 Å². The van der Waals surface area contributed by atoms with Crippen molar-refractivity contribution in [2.75, 3.05) is 17.3 Å². The zero-order valence-corrected chi connectivity index (χ0v) is 18.0. The second-order valence-electron chi connectivity index (χ2n) is 7.66. The maximum Gasteiger partial charge on any atom is 0.282 e. The van der Waals surface area contributed by atoms with Gasteiger partial charge in [0.25, 0.3) is 11.8 Å². The standard InChI is InChI=1S/C26H24N2O3/c1-16-8-7-9-19(14-16)27-24-23(21-10-5-6-11-22(21)31-4)25(29)28(26(24)30)20-13-12-17(2)18(3)15-20/h5-15,27H,1-4H3. The van der Waals surface area contributed by atoms with Crippen LogP contribution in [0.5, 0.6) is 5.75 Å². The Morgan fingerprint density at radius 2 is 1.58 bits per heavy atom. The van der Waals surface area contributed by atoms with Crippen LogP contribution in [0.3, 0.4) is 0 Å². The number of hydrogen-bond donors (Lipinski definition) is 1. The Morgan fingerprint density at radius 1 is 0.806 bits per heavy atom. The lowest BCUT2D eigenvalue weighted by Crippen LogP contribution is -2.32. The Labute approximate surface area is 182 Å². The van der Waals surface area contributed by atoms with Crippen molar-refractivity contribution in [1.29, 1.82) is 0 Å². The highest BCUT2D eigenvalue weighted by Crippen LogP contribution is 2.37. The van der Waals surface area contributed by atoms with Crippen LogP contribution in [0.4, 0.5) is 11.4 Å². The number of para-hydroxylation sites is 1. The number of methoxy groups -OCH3 is 1. The van der Waals surface area contributed by atoms with Gasteiger partial charge < -0.3 is 10.1 Å². The molecule has 1 heterocycles. The molecule has 0 aromatic heterocycles. The minimum absolute atomic E-state index is 0.235. The summed E-state index contributed by atoms with van der Waals surface area (Å²) in [6.07, 6.45) is 0. The van der Waals surface area contributed by atoms with Crippen LogP contribution in [-0.4, -0.2) is 18.9 Å². The van der Waals surface area contributed by atoms with Crippen molar-refractivity contribution in [2.45, 2.75) is 20.8 Å². The average Bonchev–Trinajstić information content (AvgIpc) is 2.99. The number of benzene rings is 3. The van der Waals surface area contributed by atoms with Gasteiger partial charge in [-0.2, -0.15) is 0 Å². The van der Waals surface area contributed by atoms with Crippen molar-refractivity contribution >= 4 is 28.8 Å². The van der Waals surface area contributed by atoms with Crippen LogP contribution in [0.1, 0.15) is 22.3 Å². The van der Waals surface area contributed by atoms with Crippen LogP contribution < -0.4 is 15.0 Å². The van der Waals surface area contributed by atoms with Crippen molar-refractivity contribution in [2.24, 2.45) is 0 Å². The molecule has 2 amide bonds. The summed E-state index contributed by atoms with van der Waals surface area (Å²) < 4.78 is 5.49. The van der Waals surface area contributed by atoms with Crippen LogP contribution in [0, 0.1) is 20.8 Å². The predicted molar refractivity (Wildman–Crippen MR) is 123 cm³/mol. The molecule has 0 unspecified atom stereocenters. The summed E-state index contributed by atoms with van der Waals surface area (Å²) in [7, 11) is 1.55. The minimum atomic E-state index is -0.393. The third-order valence-corrected chi connectivity index (χ3v) is 5.50. The summed E-state index contributed by atoms with van der Waals surface area (Å²) in [5.41, 5.74) is 5.55. The van der Waals surface area contributed by atoms with Crippen molar-refractivity contribution in [1.82, 2.24) is 0 Å². The molecule has 0 aliphatic carbocycles. The number of ether oxygens (including phenoxy) is 1. The van der Waals surface area contributed by atoms with Gasteiger partial charge in [0.05, 0.1) is 18.4 Å². The lowest BCUT2D eigenvalue weighted by Gasteiger charge is -2.17. The number of carbonyl (C=O) groups excluding carboxylic acids is 2. The number of rotatable bonds is 5. The maximum absolute atomic E-state index is 13.6. The quantitative estimate of drug-likeness (QED) is 0.598. The van der Waals surface area contributed by atoms with E-state index in [1.165, 1.54) is 4.90 Å². The fourth-order valence-electron chi connectivity index (χ4n) is 3.71. The largest absolute Gasteiger partial charge is 0.496 e. The lowest BCUT2D eigenvalue weighted by molar-refractivity contribution is -0.120. The lowest BCUT2D eigenvalue weighted by atomic mass is 10.0. The van der Waals surface area contributed by atoms with Gasteiger partial charge >= 0.3 is 0 Å². The molecule has 156 valence electrons. The van der Waals surface area contributed by atoms with E-state index in [0.29, 0.717) is 22.6 Å². The van der Waals surface area contributed by atoms with Crippen LogP contribution in [0.15, 0.2) is 72.4 Å². The van der Waals surface area contributed by atoms with E-state index in [1.54, 1.807) is 25.3 Å². The number of imide groups is 1. The summed E-state index contributed by atoms with van der Waals surface area (Å²) in [6.45, 7) is 5.93. The van der Waals surface area contributed by atoms with E-state index in [9.17, 15) is 9.59 Å². The molecular weight excluding hydrogens is 388 g/mol. The number of aryl methyl sites for hydroxylation is 3. The zero-order valence-electron chi connectivity index (χ0n) is 18.0. The van der Waals surface area contributed by atoms with Crippen LogP contribution in [0.2, 0.25) is 0 Å². The molecule has 5 heteroatoms. The second kappa shape index (κ2) is 8.11.